The molecule has 19 heavy (non-hydrogen) atoms. The van der Waals surface area contributed by atoms with Crippen LogP contribution in [-0.4, -0.2) is 41.6 Å². The highest BCUT2D eigenvalue weighted by Gasteiger charge is 2.23. The molecule has 1 aromatic rings. The van der Waals surface area contributed by atoms with Crippen LogP contribution in [0.1, 0.15) is 25.5 Å². The molecular weight excluding hydrogens is 244 g/mol. The van der Waals surface area contributed by atoms with Crippen molar-refractivity contribution in [2.24, 2.45) is 11.7 Å². The fourth-order valence-electron chi connectivity index (χ4n) is 2.26. The summed E-state index contributed by atoms with van der Waals surface area (Å²) in [5.74, 6) is 1.70. The summed E-state index contributed by atoms with van der Waals surface area (Å²) in [5, 5.41) is 6.45. The first-order valence-corrected chi connectivity index (χ1v) is 6.75. The van der Waals surface area contributed by atoms with Crippen molar-refractivity contribution < 1.29 is 9.32 Å². The molecule has 106 valence electrons. The zero-order chi connectivity index (χ0) is 13.8. The van der Waals surface area contributed by atoms with E-state index in [4.69, 9.17) is 10.3 Å². The lowest BCUT2D eigenvalue weighted by Gasteiger charge is -2.34. The average molecular weight is 266 g/mol. The largest absolute Gasteiger partial charge is 0.360 e. The van der Waals surface area contributed by atoms with Crippen LogP contribution in [0, 0.1) is 12.8 Å². The van der Waals surface area contributed by atoms with Gasteiger partial charge in [0, 0.05) is 31.6 Å². The summed E-state index contributed by atoms with van der Waals surface area (Å²) in [6.07, 6.45) is 1.55. The number of likely N-dealkylation sites (tertiary alicyclic amines) is 1. The third kappa shape index (κ3) is 4.04. The molecule has 6 heteroatoms. The average Bonchev–Trinajstić information content (AvgIpc) is 2.76. The second-order valence-electron chi connectivity index (χ2n) is 5.35. The molecule has 0 aliphatic carbocycles. The lowest BCUT2D eigenvalue weighted by atomic mass is 9.94. The van der Waals surface area contributed by atoms with Crippen LogP contribution < -0.4 is 11.1 Å². The molecule has 2 heterocycles. The maximum absolute atomic E-state index is 11.8. The molecule has 6 nitrogen and oxygen atoms in total. The molecule has 1 fully saturated rings. The first kappa shape index (κ1) is 14.0. The summed E-state index contributed by atoms with van der Waals surface area (Å²) in [6.45, 7) is 6.60. The Labute approximate surface area is 113 Å². The van der Waals surface area contributed by atoms with E-state index >= 15 is 0 Å². The van der Waals surface area contributed by atoms with Crippen molar-refractivity contribution in [2.75, 3.05) is 25.0 Å². The molecule has 2 rings (SSSR count). The van der Waals surface area contributed by atoms with Gasteiger partial charge in [0.05, 0.1) is 0 Å². The number of nitrogens with zero attached hydrogens (tertiary/aromatic N) is 2. The molecule has 0 saturated carbocycles. The van der Waals surface area contributed by atoms with E-state index in [-0.39, 0.29) is 11.9 Å². The SMILES string of the molecule is Cc1cc(NC(=O)CCN2CCC(C)C(N)C2)no1. The van der Waals surface area contributed by atoms with Crippen molar-refractivity contribution in [1.82, 2.24) is 10.1 Å². The molecular formula is C13H22N4O2. The summed E-state index contributed by atoms with van der Waals surface area (Å²) < 4.78 is 4.89. The first-order valence-electron chi connectivity index (χ1n) is 6.75. The number of amides is 1. The summed E-state index contributed by atoms with van der Waals surface area (Å²) in [4.78, 5) is 14.0. The maximum Gasteiger partial charge on any atom is 0.226 e. The molecule has 1 aromatic heterocycles. The number of carbonyl (C=O) groups excluding carboxylic acids is 1. The fourth-order valence-corrected chi connectivity index (χ4v) is 2.26. The van der Waals surface area contributed by atoms with Crippen LogP contribution in [-0.2, 0) is 4.79 Å². The summed E-state index contributed by atoms with van der Waals surface area (Å²) in [6, 6.07) is 1.92. The molecule has 1 saturated heterocycles. The number of hydrogen-bond acceptors (Lipinski definition) is 5. The third-order valence-corrected chi connectivity index (χ3v) is 3.65. The number of piperidine rings is 1. The van der Waals surface area contributed by atoms with Gasteiger partial charge >= 0.3 is 0 Å². The Morgan fingerprint density at radius 2 is 2.47 bits per heavy atom. The lowest BCUT2D eigenvalue weighted by molar-refractivity contribution is -0.116. The van der Waals surface area contributed by atoms with E-state index in [0.717, 1.165) is 26.1 Å². The Morgan fingerprint density at radius 3 is 3.11 bits per heavy atom. The highest BCUT2D eigenvalue weighted by molar-refractivity contribution is 5.89. The van der Waals surface area contributed by atoms with Crippen molar-refractivity contribution in [1.29, 1.82) is 0 Å². The Bertz CT molecular complexity index is 432. The quantitative estimate of drug-likeness (QED) is 0.848. The second kappa shape index (κ2) is 6.16. The van der Waals surface area contributed by atoms with E-state index in [0.29, 0.717) is 23.9 Å². The van der Waals surface area contributed by atoms with Crippen molar-refractivity contribution in [3.63, 3.8) is 0 Å². The van der Waals surface area contributed by atoms with Gasteiger partial charge in [0.15, 0.2) is 5.82 Å². The van der Waals surface area contributed by atoms with Crippen LogP contribution in [0.15, 0.2) is 10.6 Å². The minimum atomic E-state index is -0.0412. The van der Waals surface area contributed by atoms with Crippen molar-refractivity contribution in [2.45, 2.75) is 32.7 Å². The monoisotopic (exact) mass is 266 g/mol. The highest BCUT2D eigenvalue weighted by atomic mass is 16.5. The van der Waals surface area contributed by atoms with Gasteiger partial charge in [0.25, 0.3) is 0 Å². The zero-order valence-electron chi connectivity index (χ0n) is 11.6. The van der Waals surface area contributed by atoms with Gasteiger partial charge in [-0.05, 0) is 25.8 Å². The number of carbonyl (C=O) groups is 1. The van der Waals surface area contributed by atoms with Gasteiger partial charge in [-0.25, -0.2) is 0 Å². The van der Waals surface area contributed by atoms with Gasteiger partial charge in [-0.15, -0.1) is 0 Å². The zero-order valence-corrected chi connectivity index (χ0v) is 11.6. The number of aryl methyl sites for hydroxylation is 1. The summed E-state index contributed by atoms with van der Waals surface area (Å²) >= 11 is 0. The van der Waals surface area contributed by atoms with Crippen molar-refractivity contribution in [3.05, 3.63) is 11.8 Å². The van der Waals surface area contributed by atoms with E-state index in [1.54, 1.807) is 13.0 Å². The predicted octanol–water partition coefficient (Wildman–Crippen LogP) is 0.981. The molecule has 1 aliphatic heterocycles. The van der Waals surface area contributed by atoms with Crippen LogP contribution in [0.4, 0.5) is 5.82 Å². The Morgan fingerprint density at radius 1 is 1.68 bits per heavy atom. The predicted molar refractivity (Wildman–Crippen MR) is 72.7 cm³/mol. The van der Waals surface area contributed by atoms with E-state index in [9.17, 15) is 4.79 Å². The smallest absolute Gasteiger partial charge is 0.226 e. The summed E-state index contributed by atoms with van der Waals surface area (Å²) in [7, 11) is 0. The van der Waals surface area contributed by atoms with Gasteiger partial charge in [-0.3, -0.25) is 4.79 Å². The van der Waals surface area contributed by atoms with Crippen LogP contribution in [0.5, 0.6) is 0 Å². The Kier molecular flexibility index (Phi) is 4.55. The van der Waals surface area contributed by atoms with Gasteiger partial charge < -0.3 is 20.5 Å². The van der Waals surface area contributed by atoms with Crippen LogP contribution in [0.2, 0.25) is 0 Å². The minimum Gasteiger partial charge on any atom is -0.360 e. The molecule has 1 amide bonds. The van der Waals surface area contributed by atoms with Crippen LogP contribution in [0.3, 0.4) is 0 Å². The summed E-state index contributed by atoms with van der Waals surface area (Å²) in [5.41, 5.74) is 6.04. The number of rotatable bonds is 4. The van der Waals surface area contributed by atoms with E-state index in [1.165, 1.54) is 0 Å². The molecule has 2 atom stereocenters. The molecule has 2 unspecified atom stereocenters. The standard InChI is InChI=1S/C13H22N4O2/c1-9-3-5-17(8-11(9)14)6-4-13(18)15-12-7-10(2)19-16-12/h7,9,11H,3-6,8,14H2,1-2H3,(H,15,16,18). The van der Waals surface area contributed by atoms with E-state index < -0.39 is 0 Å². The van der Waals surface area contributed by atoms with Gasteiger partial charge in [0.2, 0.25) is 5.91 Å². The van der Waals surface area contributed by atoms with E-state index in [1.807, 2.05) is 0 Å². The molecule has 3 N–H and O–H groups in total. The van der Waals surface area contributed by atoms with Crippen LogP contribution in [0.25, 0.3) is 0 Å². The van der Waals surface area contributed by atoms with Crippen LogP contribution >= 0.6 is 0 Å². The Balaban J connectivity index is 1.72. The third-order valence-electron chi connectivity index (χ3n) is 3.65. The molecule has 0 spiro atoms. The molecule has 1 aliphatic rings. The Hall–Kier alpha value is -1.40. The van der Waals surface area contributed by atoms with Gasteiger partial charge in [0.1, 0.15) is 5.76 Å². The topological polar surface area (TPSA) is 84.4 Å². The molecule has 0 aromatic carbocycles. The van der Waals surface area contributed by atoms with Gasteiger partial charge in [-0.1, -0.05) is 12.1 Å². The first-order chi connectivity index (χ1) is 9.04. The number of anilines is 1. The number of aromatic nitrogens is 1. The number of hydrogen-bond donors (Lipinski definition) is 2. The minimum absolute atomic E-state index is 0.0412. The lowest BCUT2D eigenvalue weighted by Crippen LogP contribution is -2.48. The highest BCUT2D eigenvalue weighted by Crippen LogP contribution is 2.15. The van der Waals surface area contributed by atoms with Crippen molar-refractivity contribution >= 4 is 11.7 Å². The normalized spacial score (nSPS) is 24.4. The fraction of sp³-hybridized carbons (Fsp3) is 0.692. The van der Waals surface area contributed by atoms with E-state index in [2.05, 4.69) is 22.3 Å². The molecule has 0 radical (unpaired) electrons. The second-order valence-corrected chi connectivity index (χ2v) is 5.35. The number of nitrogens with one attached hydrogen (secondary N) is 1. The number of nitrogens with two attached hydrogens (primary N) is 1. The molecule has 0 bridgehead atoms. The maximum atomic E-state index is 11.8. The van der Waals surface area contributed by atoms with Gasteiger partial charge in [-0.2, -0.15) is 0 Å². The van der Waals surface area contributed by atoms with Crippen molar-refractivity contribution in [3.8, 4) is 0 Å².